The number of methoxy groups -OCH3 is 2. The van der Waals surface area contributed by atoms with Crippen molar-refractivity contribution in [2.75, 3.05) is 27.4 Å². The zero-order chi connectivity index (χ0) is 19.0. The summed E-state index contributed by atoms with van der Waals surface area (Å²) >= 11 is 0. The number of amides is 1. The molecule has 6 heteroatoms. The standard InChI is InChI=1S/C21H24N2O4/c1-14(24)22-12-16-13-27-20-7-5-4-6-19(20)21(16)23(22)11-15-8-17(25-2)10-18(9-15)26-3/h4-10,16,21H,11-13H2,1-3H3/t16-,21-/m1/s1. The number of rotatable bonds is 4. The van der Waals surface area contributed by atoms with Gasteiger partial charge < -0.3 is 14.2 Å². The van der Waals surface area contributed by atoms with Gasteiger partial charge in [-0.15, -0.1) is 0 Å². The third-order valence-electron chi connectivity index (χ3n) is 5.30. The van der Waals surface area contributed by atoms with E-state index in [0.29, 0.717) is 19.7 Å². The van der Waals surface area contributed by atoms with E-state index in [1.807, 2.05) is 41.4 Å². The van der Waals surface area contributed by atoms with Crippen LogP contribution >= 0.6 is 0 Å². The van der Waals surface area contributed by atoms with Gasteiger partial charge in [0.2, 0.25) is 5.91 Å². The molecule has 142 valence electrons. The first-order valence-electron chi connectivity index (χ1n) is 9.09. The summed E-state index contributed by atoms with van der Waals surface area (Å²) in [6.45, 7) is 3.48. The van der Waals surface area contributed by atoms with E-state index in [2.05, 4.69) is 11.1 Å². The largest absolute Gasteiger partial charge is 0.497 e. The Morgan fingerprint density at radius 1 is 1.15 bits per heavy atom. The summed E-state index contributed by atoms with van der Waals surface area (Å²) in [5.41, 5.74) is 2.16. The third-order valence-corrected chi connectivity index (χ3v) is 5.30. The molecule has 0 N–H and O–H groups in total. The van der Waals surface area contributed by atoms with Crippen LogP contribution in [0.4, 0.5) is 0 Å². The Balaban J connectivity index is 1.72. The molecule has 0 aromatic heterocycles. The van der Waals surface area contributed by atoms with Gasteiger partial charge in [0.25, 0.3) is 0 Å². The molecule has 2 aromatic rings. The van der Waals surface area contributed by atoms with Gasteiger partial charge >= 0.3 is 0 Å². The van der Waals surface area contributed by atoms with Gasteiger partial charge in [-0.1, -0.05) is 18.2 Å². The molecule has 1 fully saturated rings. The zero-order valence-corrected chi connectivity index (χ0v) is 15.8. The van der Waals surface area contributed by atoms with E-state index >= 15 is 0 Å². The fourth-order valence-electron chi connectivity index (χ4n) is 4.07. The maximum absolute atomic E-state index is 12.3. The SMILES string of the molecule is COc1cc(CN2[C@H]3c4ccccc4OC[C@H]3CN2C(C)=O)cc(OC)c1. The summed E-state index contributed by atoms with van der Waals surface area (Å²) in [6.07, 6.45) is 0. The zero-order valence-electron chi connectivity index (χ0n) is 15.8. The summed E-state index contributed by atoms with van der Waals surface area (Å²) in [4.78, 5) is 12.3. The van der Waals surface area contributed by atoms with Crippen molar-refractivity contribution in [2.24, 2.45) is 5.92 Å². The summed E-state index contributed by atoms with van der Waals surface area (Å²) in [6, 6.07) is 14.0. The number of nitrogens with zero attached hydrogens (tertiary/aromatic N) is 2. The molecule has 2 atom stereocenters. The minimum Gasteiger partial charge on any atom is -0.497 e. The Morgan fingerprint density at radius 2 is 1.85 bits per heavy atom. The smallest absolute Gasteiger partial charge is 0.233 e. The highest BCUT2D eigenvalue weighted by Crippen LogP contribution is 2.45. The third kappa shape index (κ3) is 3.21. The van der Waals surface area contributed by atoms with Crippen molar-refractivity contribution in [2.45, 2.75) is 19.5 Å². The summed E-state index contributed by atoms with van der Waals surface area (Å²) < 4.78 is 16.7. The fourth-order valence-corrected chi connectivity index (χ4v) is 4.07. The van der Waals surface area contributed by atoms with Crippen molar-refractivity contribution in [1.82, 2.24) is 10.0 Å². The molecular formula is C21H24N2O4. The Labute approximate surface area is 159 Å². The number of ether oxygens (including phenoxy) is 3. The summed E-state index contributed by atoms with van der Waals surface area (Å²) in [5.74, 6) is 2.66. The van der Waals surface area contributed by atoms with E-state index in [-0.39, 0.29) is 17.9 Å². The number of hydrogen-bond acceptors (Lipinski definition) is 5. The van der Waals surface area contributed by atoms with Gasteiger partial charge in [0.15, 0.2) is 0 Å². The molecule has 2 aliphatic rings. The van der Waals surface area contributed by atoms with Crippen LogP contribution in [0.15, 0.2) is 42.5 Å². The minimum atomic E-state index is 0.0387. The maximum atomic E-state index is 12.3. The van der Waals surface area contributed by atoms with Crippen molar-refractivity contribution < 1.29 is 19.0 Å². The van der Waals surface area contributed by atoms with Crippen LogP contribution in [-0.2, 0) is 11.3 Å². The van der Waals surface area contributed by atoms with Crippen LogP contribution < -0.4 is 14.2 Å². The lowest BCUT2D eigenvalue weighted by atomic mass is 9.91. The Bertz CT molecular complexity index is 832. The first-order chi connectivity index (χ1) is 13.1. The van der Waals surface area contributed by atoms with Crippen LogP contribution in [0.1, 0.15) is 24.1 Å². The van der Waals surface area contributed by atoms with E-state index in [0.717, 1.165) is 28.4 Å². The van der Waals surface area contributed by atoms with Crippen molar-refractivity contribution in [3.8, 4) is 17.2 Å². The Kier molecular flexibility index (Phi) is 4.66. The monoisotopic (exact) mass is 368 g/mol. The lowest BCUT2D eigenvalue weighted by molar-refractivity contribution is -0.144. The molecule has 6 nitrogen and oxygen atoms in total. The predicted octanol–water partition coefficient (Wildman–Crippen LogP) is 3.03. The van der Waals surface area contributed by atoms with Crippen LogP contribution in [0.2, 0.25) is 0 Å². The first kappa shape index (κ1) is 17.7. The molecule has 0 saturated carbocycles. The molecule has 0 spiro atoms. The number of hydrogen-bond donors (Lipinski definition) is 0. The van der Waals surface area contributed by atoms with Gasteiger partial charge in [0.1, 0.15) is 17.2 Å². The molecule has 0 radical (unpaired) electrons. The molecule has 2 aromatic carbocycles. The van der Waals surface area contributed by atoms with Crippen molar-refractivity contribution in [3.63, 3.8) is 0 Å². The molecule has 2 heterocycles. The average Bonchev–Trinajstić information content (AvgIpc) is 3.06. The second kappa shape index (κ2) is 7.12. The normalized spacial score (nSPS) is 21.2. The molecule has 27 heavy (non-hydrogen) atoms. The van der Waals surface area contributed by atoms with Crippen LogP contribution in [0.5, 0.6) is 17.2 Å². The minimum absolute atomic E-state index is 0.0387. The maximum Gasteiger partial charge on any atom is 0.233 e. The highest BCUT2D eigenvalue weighted by atomic mass is 16.5. The molecular weight excluding hydrogens is 344 g/mol. The van der Waals surface area contributed by atoms with Gasteiger partial charge in [0, 0.05) is 37.6 Å². The fraction of sp³-hybridized carbons (Fsp3) is 0.381. The van der Waals surface area contributed by atoms with Gasteiger partial charge in [-0.05, 0) is 23.8 Å². The van der Waals surface area contributed by atoms with E-state index < -0.39 is 0 Å². The number of hydrazine groups is 1. The molecule has 0 unspecified atom stereocenters. The number of carbonyl (C=O) groups is 1. The van der Waals surface area contributed by atoms with Crippen molar-refractivity contribution >= 4 is 5.91 Å². The van der Waals surface area contributed by atoms with E-state index in [4.69, 9.17) is 14.2 Å². The molecule has 2 aliphatic heterocycles. The van der Waals surface area contributed by atoms with Gasteiger partial charge in [0.05, 0.1) is 26.9 Å². The van der Waals surface area contributed by atoms with Crippen LogP contribution in [0.25, 0.3) is 0 Å². The lowest BCUT2D eigenvalue weighted by Gasteiger charge is -2.35. The molecule has 1 amide bonds. The highest BCUT2D eigenvalue weighted by molar-refractivity contribution is 5.73. The average molecular weight is 368 g/mol. The van der Waals surface area contributed by atoms with Crippen LogP contribution in [-0.4, -0.2) is 43.3 Å². The molecule has 1 saturated heterocycles. The van der Waals surface area contributed by atoms with Gasteiger partial charge in [-0.25, -0.2) is 5.01 Å². The Hall–Kier alpha value is -2.73. The number of benzene rings is 2. The molecule has 0 aliphatic carbocycles. The quantitative estimate of drug-likeness (QED) is 0.830. The summed E-state index contributed by atoms with van der Waals surface area (Å²) in [7, 11) is 3.28. The number of carbonyl (C=O) groups excluding carboxylic acids is 1. The first-order valence-corrected chi connectivity index (χ1v) is 9.09. The van der Waals surface area contributed by atoms with Crippen molar-refractivity contribution in [3.05, 3.63) is 53.6 Å². The number of fused-ring (bicyclic) bond motifs is 3. The second-order valence-electron chi connectivity index (χ2n) is 6.97. The number of para-hydroxylation sites is 1. The van der Waals surface area contributed by atoms with Crippen LogP contribution in [0, 0.1) is 5.92 Å². The topological polar surface area (TPSA) is 51.2 Å². The van der Waals surface area contributed by atoms with Crippen molar-refractivity contribution in [1.29, 1.82) is 0 Å². The van der Waals surface area contributed by atoms with E-state index in [9.17, 15) is 4.79 Å². The lowest BCUT2D eigenvalue weighted by Crippen LogP contribution is -2.40. The summed E-state index contributed by atoms with van der Waals surface area (Å²) in [5, 5.41) is 4.00. The Morgan fingerprint density at radius 3 is 2.52 bits per heavy atom. The predicted molar refractivity (Wildman–Crippen MR) is 101 cm³/mol. The highest BCUT2D eigenvalue weighted by Gasteiger charge is 2.45. The molecule has 0 bridgehead atoms. The van der Waals surface area contributed by atoms with Crippen LogP contribution in [0.3, 0.4) is 0 Å². The van der Waals surface area contributed by atoms with E-state index in [1.165, 1.54) is 0 Å². The molecule has 4 rings (SSSR count). The van der Waals surface area contributed by atoms with Gasteiger partial charge in [-0.3, -0.25) is 9.80 Å². The van der Waals surface area contributed by atoms with E-state index in [1.54, 1.807) is 21.1 Å². The second-order valence-corrected chi connectivity index (χ2v) is 6.97. The van der Waals surface area contributed by atoms with Gasteiger partial charge in [-0.2, -0.15) is 0 Å².